The molecule has 1 aromatic heterocycles. The Morgan fingerprint density at radius 2 is 2.21 bits per heavy atom. The number of anilines is 1. The lowest BCUT2D eigenvalue weighted by molar-refractivity contribution is -0.144. The molecule has 0 radical (unpaired) electrons. The SMILES string of the molecule is CCCOc1cncc(N(C)CC(C)C(=O)OC)n1. The van der Waals surface area contributed by atoms with E-state index < -0.39 is 0 Å². The van der Waals surface area contributed by atoms with Crippen LogP contribution in [0, 0.1) is 5.92 Å². The number of hydrogen-bond acceptors (Lipinski definition) is 6. The monoisotopic (exact) mass is 267 g/mol. The summed E-state index contributed by atoms with van der Waals surface area (Å²) in [7, 11) is 3.24. The van der Waals surface area contributed by atoms with E-state index in [-0.39, 0.29) is 11.9 Å². The first-order chi connectivity index (χ1) is 9.08. The maximum atomic E-state index is 11.4. The van der Waals surface area contributed by atoms with Gasteiger partial charge in [0.25, 0.3) is 0 Å². The second-order valence-corrected chi connectivity index (χ2v) is 4.37. The van der Waals surface area contributed by atoms with Crippen LogP contribution < -0.4 is 9.64 Å². The Bertz CT molecular complexity index is 412. The fourth-order valence-corrected chi connectivity index (χ4v) is 1.58. The van der Waals surface area contributed by atoms with Gasteiger partial charge in [-0.25, -0.2) is 0 Å². The molecule has 0 spiro atoms. The smallest absolute Gasteiger partial charge is 0.310 e. The molecule has 1 rings (SSSR count). The molecular weight excluding hydrogens is 246 g/mol. The van der Waals surface area contributed by atoms with Crippen molar-refractivity contribution in [3.8, 4) is 5.88 Å². The Balaban J connectivity index is 2.65. The molecule has 1 aromatic rings. The highest BCUT2D eigenvalue weighted by atomic mass is 16.5. The predicted molar refractivity (Wildman–Crippen MR) is 72.3 cm³/mol. The Hall–Kier alpha value is -1.85. The zero-order valence-electron chi connectivity index (χ0n) is 11.9. The number of methoxy groups -OCH3 is 1. The molecule has 0 saturated carbocycles. The largest absolute Gasteiger partial charge is 0.477 e. The van der Waals surface area contributed by atoms with Crippen LogP contribution in [0.4, 0.5) is 5.82 Å². The molecule has 0 aliphatic carbocycles. The molecule has 1 atom stereocenters. The second kappa shape index (κ2) is 7.56. The molecule has 0 amide bonds. The lowest BCUT2D eigenvalue weighted by Crippen LogP contribution is -2.29. The maximum absolute atomic E-state index is 11.4. The van der Waals surface area contributed by atoms with Crippen molar-refractivity contribution >= 4 is 11.8 Å². The van der Waals surface area contributed by atoms with Crippen molar-refractivity contribution in [3.63, 3.8) is 0 Å². The van der Waals surface area contributed by atoms with Crippen LogP contribution in [-0.2, 0) is 9.53 Å². The van der Waals surface area contributed by atoms with E-state index in [0.717, 1.165) is 6.42 Å². The highest BCUT2D eigenvalue weighted by Crippen LogP contribution is 2.14. The van der Waals surface area contributed by atoms with Gasteiger partial charge in [-0.3, -0.25) is 9.78 Å². The minimum atomic E-state index is -0.238. The van der Waals surface area contributed by atoms with E-state index in [1.807, 2.05) is 25.8 Å². The number of aromatic nitrogens is 2. The summed E-state index contributed by atoms with van der Waals surface area (Å²) in [5.74, 6) is 0.705. The van der Waals surface area contributed by atoms with Crippen LogP contribution in [0.2, 0.25) is 0 Å². The lowest BCUT2D eigenvalue weighted by Gasteiger charge is -2.21. The van der Waals surface area contributed by atoms with Crippen molar-refractivity contribution in [2.24, 2.45) is 5.92 Å². The Morgan fingerprint density at radius 1 is 1.47 bits per heavy atom. The number of nitrogens with zero attached hydrogens (tertiary/aromatic N) is 3. The first-order valence-corrected chi connectivity index (χ1v) is 6.32. The van der Waals surface area contributed by atoms with Gasteiger partial charge in [0.05, 0.1) is 32.0 Å². The third-order valence-corrected chi connectivity index (χ3v) is 2.60. The van der Waals surface area contributed by atoms with Gasteiger partial charge in [0.2, 0.25) is 5.88 Å². The lowest BCUT2D eigenvalue weighted by atomic mass is 10.2. The van der Waals surface area contributed by atoms with Crippen molar-refractivity contribution in [2.45, 2.75) is 20.3 Å². The number of ether oxygens (including phenoxy) is 2. The normalized spacial score (nSPS) is 11.8. The van der Waals surface area contributed by atoms with Crippen molar-refractivity contribution in [3.05, 3.63) is 12.4 Å². The maximum Gasteiger partial charge on any atom is 0.310 e. The van der Waals surface area contributed by atoms with Crippen molar-refractivity contribution in [1.29, 1.82) is 0 Å². The first-order valence-electron chi connectivity index (χ1n) is 6.32. The van der Waals surface area contributed by atoms with Crippen LogP contribution in [0.5, 0.6) is 5.88 Å². The molecule has 0 saturated heterocycles. The fraction of sp³-hybridized carbons (Fsp3) is 0.615. The molecule has 6 heteroatoms. The third kappa shape index (κ3) is 4.73. The van der Waals surface area contributed by atoms with Gasteiger partial charge in [0.15, 0.2) is 5.82 Å². The van der Waals surface area contributed by atoms with Gasteiger partial charge in [-0.2, -0.15) is 4.98 Å². The summed E-state index contributed by atoms with van der Waals surface area (Å²) >= 11 is 0. The molecule has 0 bridgehead atoms. The summed E-state index contributed by atoms with van der Waals surface area (Å²) in [6, 6.07) is 0. The molecule has 0 fully saturated rings. The number of esters is 1. The molecular formula is C13H21N3O3. The van der Waals surface area contributed by atoms with Gasteiger partial charge in [-0.05, 0) is 6.42 Å². The van der Waals surface area contributed by atoms with Gasteiger partial charge in [-0.15, -0.1) is 0 Å². The van der Waals surface area contributed by atoms with E-state index >= 15 is 0 Å². The minimum absolute atomic E-state index is 0.225. The molecule has 0 aliphatic rings. The van der Waals surface area contributed by atoms with Crippen molar-refractivity contribution in [1.82, 2.24) is 9.97 Å². The quantitative estimate of drug-likeness (QED) is 0.698. The minimum Gasteiger partial charge on any atom is -0.477 e. The summed E-state index contributed by atoms with van der Waals surface area (Å²) in [5, 5.41) is 0. The Kier molecular flexibility index (Phi) is 6.05. The molecule has 0 aromatic carbocycles. The van der Waals surface area contributed by atoms with Crippen LogP contribution >= 0.6 is 0 Å². The van der Waals surface area contributed by atoms with Crippen molar-refractivity contribution in [2.75, 3.05) is 32.2 Å². The fourth-order valence-electron chi connectivity index (χ4n) is 1.58. The Labute approximate surface area is 113 Å². The summed E-state index contributed by atoms with van der Waals surface area (Å²) in [6.45, 7) is 4.97. The number of rotatable bonds is 7. The van der Waals surface area contributed by atoms with Gasteiger partial charge in [-0.1, -0.05) is 13.8 Å². The predicted octanol–water partition coefficient (Wildman–Crippen LogP) is 1.51. The zero-order chi connectivity index (χ0) is 14.3. The van der Waals surface area contributed by atoms with E-state index in [0.29, 0.717) is 24.8 Å². The van der Waals surface area contributed by atoms with Gasteiger partial charge < -0.3 is 14.4 Å². The molecule has 1 unspecified atom stereocenters. The Morgan fingerprint density at radius 3 is 2.84 bits per heavy atom. The molecule has 1 heterocycles. The van der Waals surface area contributed by atoms with Crippen LogP contribution in [0.3, 0.4) is 0 Å². The molecule has 6 nitrogen and oxygen atoms in total. The van der Waals surface area contributed by atoms with Crippen LogP contribution in [0.1, 0.15) is 20.3 Å². The summed E-state index contributed by atoms with van der Waals surface area (Å²) in [5.41, 5.74) is 0. The number of hydrogen-bond donors (Lipinski definition) is 0. The average molecular weight is 267 g/mol. The number of carbonyl (C=O) groups is 1. The van der Waals surface area contributed by atoms with E-state index in [1.54, 1.807) is 12.4 Å². The molecule has 0 N–H and O–H groups in total. The molecule has 106 valence electrons. The summed E-state index contributed by atoms with van der Waals surface area (Å²) < 4.78 is 10.1. The van der Waals surface area contributed by atoms with E-state index in [9.17, 15) is 4.79 Å². The standard InChI is InChI=1S/C13H21N3O3/c1-5-6-19-12-8-14-7-11(15-12)16(3)9-10(2)13(17)18-4/h7-8,10H,5-6,9H2,1-4H3. The number of carbonyl (C=O) groups excluding carboxylic acids is 1. The molecule has 0 aliphatic heterocycles. The highest BCUT2D eigenvalue weighted by molar-refractivity contribution is 5.72. The third-order valence-electron chi connectivity index (χ3n) is 2.60. The van der Waals surface area contributed by atoms with Crippen LogP contribution in [0.15, 0.2) is 12.4 Å². The second-order valence-electron chi connectivity index (χ2n) is 4.37. The van der Waals surface area contributed by atoms with Crippen LogP contribution in [-0.4, -0.2) is 43.2 Å². The van der Waals surface area contributed by atoms with E-state index in [4.69, 9.17) is 9.47 Å². The molecule has 19 heavy (non-hydrogen) atoms. The van der Waals surface area contributed by atoms with Crippen molar-refractivity contribution < 1.29 is 14.3 Å². The zero-order valence-corrected chi connectivity index (χ0v) is 11.9. The first kappa shape index (κ1) is 15.2. The van der Waals surface area contributed by atoms with Gasteiger partial charge in [0.1, 0.15) is 0 Å². The highest BCUT2D eigenvalue weighted by Gasteiger charge is 2.16. The van der Waals surface area contributed by atoms with E-state index in [2.05, 4.69) is 9.97 Å². The topological polar surface area (TPSA) is 64.5 Å². The average Bonchev–Trinajstić information content (AvgIpc) is 2.44. The van der Waals surface area contributed by atoms with Gasteiger partial charge >= 0.3 is 5.97 Å². The van der Waals surface area contributed by atoms with E-state index in [1.165, 1.54) is 7.11 Å². The van der Waals surface area contributed by atoms with Crippen LogP contribution in [0.25, 0.3) is 0 Å². The van der Waals surface area contributed by atoms with Gasteiger partial charge in [0, 0.05) is 13.6 Å². The summed E-state index contributed by atoms with van der Waals surface area (Å²) in [6.07, 6.45) is 4.14. The summed E-state index contributed by atoms with van der Waals surface area (Å²) in [4.78, 5) is 21.7.